The maximum atomic E-state index is 13.4. The van der Waals surface area contributed by atoms with E-state index in [0.717, 1.165) is 11.1 Å². The first kappa shape index (κ1) is 24.9. The van der Waals surface area contributed by atoms with Crippen molar-refractivity contribution in [1.29, 1.82) is 0 Å². The second kappa shape index (κ2) is 10.6. The maximum Gasteiger partial charge on any atom is 0.295 e. The highest BCUT2D eigenvalue weighted by molar-refractivity contribution is 6.46. The Morgan fingerprint density at radius 2 is 1.69 bits per heavy atom. The first-order valence-electron chi connectivity index (χ1n) is 11.7. The Morgan fingerprint density at radius 1 is 0.944 bits per heavy atom. The van der Waals surface area contributed by atoms with E-state index in [2.05, 4.69) is 0 Å². The number of amides is 1. The molecule has 0 aromatic heterocycles. The predicted molar refractivity (Wildman–Crippen MR) is 136 cm³/mol. The summed E-state index contributed by atoms with van der Waals surface area (Å²) in [5.74, 6) is 0.00340. The monoisotopic (exact) mass is 487 g/mol. The summed E-state index contributed by atoms with van der Waals surface area (Å²) < 4.78 is 16.3. The number of ether oxygens (including phenoxy) is 3. The van der Waals surface area contributed by atoms with E-state index in [1.54, 1.807) is 43.5 Å². The molecule has 0 spiro atoms. The lowest BCUT2D eigenvalue weighted by Crippen LogP contribution is -2.29. The zero-order valence-corrected chi connectivity index (χ0v) is 20.8. The first-order chi connectivity index (χ1) is 17.4. The summed E-state index contributed by atoms with van der Waals surface area (Å²) in [6, 6.07) is 19.0. The van der Waals surface area contributed by atoms with E-state index in [1.807, 2.05) is 44.2 Å². The molecule has 1 aliphatic heterocycles. The quantitative estimate of drug-likeness (QED) is 0.272. The van der Waals surface area contributed by atoms with Crippen molar-refractivity contribution in [3.63, 3.8) is 0 Å². The number of methoxy groups -OCH3 is 2. The molecule has 1 aliphatic rings. The normalized spacial score (nSPS) is 16.8. The van der Waals surface area contributed by atoms with Gasteiger partial charge in [-0.05, 0) is 61.4 Å². The van der Waals surface area contributed by atoms with Crippen molar-refractivity contribution in [3.8, 4) is 17.2 Å². The van der Waals surface area contributed by atoms with Gasteiger partial charge in [0.1, 0.15) is 23.0 Å². The van der Waals surface area contributed by atoms with Crippen molar-refractivity contribution >= 4 is 17.4 Å². The number of likely N-dealkylation sites (tertiary alicyclic amines) is 1. The Bertz CT molecular complexity index is 1310. The molecule has 1 N–H and O–H groups in total. The van der Waals surface area contributed by atoms with Gasteiger partial charge in [-0.1, -0.05) is 35.9 Å². The number of rotatable bonds is 8. The summed E-state index contributed by atoms with van der Waals surface area (Å²) in [5, 5.41) is 11.4. The smallest absolute Gasteiger partial charge is 0.295 e. The number of aryl methyl sites for hydroxylation is 1. The van der Waals surface area contributed by atoms with Crippen LogP contribution in [-0.4, -0.2) is 42.5 Å². The SMILES string of the molecule is CCOc1cccc(CN2C(=O)C(=O)/C(=C(/O)c3cc(C)ccc3OC)C2c2ccc(OC)cc2)c1. The number of Topliss-reactive ketones (excluding diaryl/α,β-unsaturated/α-hetero) is 1. The molecule has 4 rings (SSSR count). The van der Waals surface area contributed by atoms with Crippen LogP contribution < -0.4 is 14.2 Å². The third-order valence-corrected chi connectivity index (χ3v) is 6.14. The van der Waals surface area contributed by atoms with E-state index in [9.17, 15) is 14.7 Å². The van der Waals surface area contributed by atoms with Gasteiger partial charge in [0.05, 0.1) is 38.0 Å². The minimum Gasteiger partial charge on any atom is -0.507 e. The van der Waals surface area contributed by atoms with E-state index in [4.69, 9.17) is 14.2 Å². The van der Waals surface area contributed by atoms with E-state index in [1.165, 1.54) is 12.0 Å². The maximum absolute atomic E-state index is 13.4. The molecule has 7 heteroatoms. The van der Waals surface area contributed by atoms with Crippen molar-refractivity contribution in [2.45, 2.75) is 26.4 Å². The molecule has 1 heterocycles. The van der Waals surface area contributed by atoms with Crippen molar-refractivity contribution in [1.82, 2.24) is 4.90 Å². The van der Waals surface area contributed by atoms with Gasteiger partial charge in [0.2, 0.25) is 0 Å². The van der Waals surface area contributed by atoms with Crippen LogP contribution in [0.5, 0.6) is 17.2 Å². The van der Waals surface area contributed by atoms with Crippen LogP contribution in [0.4, 0.5) is 0 Å². The zero-order chi connectivity index (χ0) is 25.8. The molecule has 0 aliphatic carbocycles. The number of hydrogen-bond donors (Lipinski definition) is 1. The lowest BCUT2D eigenvalue weighted by atomic mass is 9.94. The zero-order valence-electron chi connectivity index (χ0n) is 20.8. The minimum absolute atomic E-state index is 0.00929. The van der Waals surface area contributed by atoms with Gasteiger partial charge in [-0.25, -0.2) is 0 Å². The fourth-order valence-electron chi connectivity index (χ4n) is 4.42. The van der Waals surface area contributed by atoms with Crippen molar-refractivity contribution < 1.29 is 28.9 Å². The van der Waals surface area contributed by atoms with Crippen molar-refractivity contribution in [3.05, 3.63) is 94.6 Å². The molecule has 0 radical (unpaired) electrons. The highest BCUT2D eigenvalue weighted by Crippen LogP contribution is 2.42. The van der Waals surface area contributed by atoms with Crippen LogP contribution in [0, 0.1) is 6.92 Å². The number of carbonyl (C=O) groups is 2. The van der Waals surface area contributed by atoms with Gasteiger partial charge in [0.15, 0.2) is 0 Å². The lowest BCUT2D eigenvalue weighted by molar-refractivity contribution is -0.140. The summed E-state index contributed by atoms with van der Waals surface area (Å²) >= 11 is 0. The van der Waals surface area contributed by atoms with Crippen LogP contribution in [0.25, 0.3) is 5.76 Å². The highest BCUT2D eigenvalue weighted by Gasteiger charge is 2.46. The number of benzene rings is 3. The molecule has 1 unspecified atom stereocenters. The molecule has 0 saturated carbocycles. The Morgan fingerprint density at radius 3 is 2.36 bits per heavy atom. The van der Waals surface area contributed by atoms with Crippen LogP contribution in [0.1, 0.15) is 35.2 Å². The molecule has 7 nitrogen and oxygen atoms in total. The van der Waals surface area contributed by atoms with E-state index in [-0.39, 0.29) is 17.9 Å². The Labute approximate surface area is 210 Å². The largest absolute Gasteiger partial charge is 0.507 e. The number of aliphatic hydroxyl groups excluding tert-OH is 1. The molecule has 186 valence electrons. The lowest BCUT2D eigenvalue weighted by Gasteiger charge is -2.26. The summed E-state index contributed by atoms with van der Waals surface area (Å²) in [6.45, 7) is 4.44. The van der Waals surface area contributed by atoms with Crippen LogP contribution >= 0.6 is 0 Å². The van der Waals surface area contributed by atoms with Crippen LogP contribution in [0.2, 0.25) is 0 Å². The molecule has 36 heavy (non-hydrogen) atoms. The molecule has 3 aromatic carbocycles. The van der Waals surface area contributed by atoms with Crippen molar-refractivity contribution in [2.24, 2.45) is 0 Å². The van der Waals surface area contributed by atoms with Gasteiger partial charge >= 0.3 is 0 Å². The molecular formula is C29H29NO6. The van der Waals surface area contributed by atoms with Gasteiger partial charge in [-0.3, -0.25) is 9.59 Å². The van der Waals surface area contributed by atoms with Gasteiger partial charge in [0.25, 0.3) is 11.7 Å². The Balaban J connectivity index is 1.86. The molecule has 1 saturated heterocycles. The number of hydrogen-bond acceptors (Lipinski definition) is 6. The number of ketones is 1. The molecule has 1 atom stereocenters. The standard InChI is InChI=1S/C29H29NO6/c1-5-36-22-8-6-7-19(16-22)17-30-26(20-10-12-21(34-3)13-11-20)25(28(32)29(30)33)27(31)23-15-18(2)9-14-24(23)35-4/h6-16,26,31H,5,17H2,1-4H3/b27-25+. The molecule has 0 bridgehead atoms. The topological polar surface area (TPSA) is 85.3 Å². The van der Waals surface area contributed by atoms with Crippen LogP contribution in [0.3, 0.4) is 0 Å². The van der Waals surface area contributed by atoms with Crippen LogP contribution in [0.15, 0.2) is 72.3 Å². The van der Waals surface area contributed by atoms with E-state index < -0.39 is 17.7 Å². The second-order valence-electron chi connectivity index (χ2n) is 8.48. The molecule has 1 fully saturated rings. The third kappa shape index (κ3) is 4.77. The average molecular weight is 488 g/mol. The van der Waals surface area contributed by atoms with Gasteiger partial charge < -0.3 is 24.2 Å². The second-order valence-corrected chi connectivity index (χ2v) is 8.48. The summed E-state index contributed by atoms with van der Waals surface area (Å²) in [7, 11) is 3.06. The molecule has 1 amide bonds. The predicted octanol–water partition coefficient (Wildman–Crippen LogP) is 5.03. The number of carbonyl (C=O) groups excluding carboxylic acids is 2. The van der Waals surface area contributed by atoms with Crippen LogP contribution in [-0.2, 0) is 16.1 Å². The number of aliphatic hydroxyl groups is 1. The Hall–Kier alpha value is -4.26. The van der Waals surface area contributed by atoms with Gasteiger partial charge in [-0.15, -0.1) is 0 Å². The van der Waals surface area contributed by atoms with E-state index >= 15 is 0 Å². The summed E-state index contributed by atoms with van der Waals surface area (Å²) in [4.78, 5) is 28.2. The average Bonchev–Trinajstić information content (AvgIpc) is 3.13. The summed E-state index contributed by atoms with van der Waals surface area (Å²) in [6.07, 6.45) is 0. The fraction of sp³-hybridized carbons (Fsp3) is 0.241. The van der Waals surface area contributed by atoms with Gasteiger partial charge in [-0.2, -0.15) is 0 Å². The van der Waals surface area contributed by atoms with Gasteiger partial charge in [0, 0.05) is 6.54 Å². The third-order valence-electron chi connectivity index (χ3n) is 6.14. The highest BCUT2D eigenvalue weighted by atomic mass is 16.5. The minimum atomic E-state index is -0.808. The Kier molecular flexibility index (Phi) is 7.29. The van der Waals surface area contributed by atoms with E-state index in [0.29, 0.717) is 35.0 Å². The molecular weight excluding hydrogens is 458 g/mol. The fourth-order valence-corrected chi connectivity index (χ4v) is 4.42. The molecule has 3 aromatic rings. The first-order valence-corrected chi connectivity index (χ1v) is 11.7. The number of nitrogens with zero attached hydrogens (tertiary/aromatic N) is 1. The summed E-state index contributed by atoms with van der Waals surface area (Å²) in [5.41, 5.74) is 2.71. The van der Waals surface area contributed by atoms with Crippen molar-refractivity contribution in [2.75, 3.05) is 20.8 Å².